The molecule has 0 radical (unpaired) electrons. The van der Waals surface area contributed by atoms with E-state index >= 15 is 0 Å². The van der Waals surface area contributed by atoms with E-state index < -0.39 is 0 Å². The Balaban J connectivity index is 1.90. The molecule has 0 spiro atoms. The van der Waals surface area contributed by atoms with Crippen molar-refractivity contribution >= 4 is 6.03 Å². The lowest BCUT2D eigenvalue weighted by atomic mass is 10.2. The number of carbonyl (C=O) groups excluding carboxylic acids is 1. The lowest BCUT2D eigenvalue weighted by molar-refractivity contribution is -0.0318. The maximum absolute atomic E-state index is 12.2. The molecule has 19 heavy (non-hydrogen) atoms. The molecule has 1 aliphatic heterocycles. The van der Waals surface area contributed by atoms with Crippen LogP contribution in [0.25, 0.3) is 0 Å². The number of ether oxygens (including phenoxy) is 1. The zero-order chi connectivity index (χ0) is 13.8. The predicted octanol–water partition coefficient (Wildman–Crippen LogP) is 0.617. The number of rotatable bonds is 3. The van der Waals surface area contributed by atoms with E-state index in [1.165, 1.54) is 0 Å². The molecule has 106 valence electrons. The smallest absolute Gasteiger partial charge is 0.318 e. The van der Waals surface area contributed by atoms with Crippen LogP contribution in [0.2, 0.25) is 0 Å². The van der Waals surface area contributed by atoms with Crippen molar-refractivity contribution in [2.75, 3.05) is 13.2 Å². The fraction of sp³-hybridized carbons (Fsp3) is 0.750. The van der Waals surface area contributed by atoms with Crippen LogP contribution < -0.4 is 5.32 Å². The summed E-state index contributed by atoms with van der Waals surface area (Å²) < 4.78 is 7.42. The van der Waals surface area contributed by atoms with Gasteiger partial charge in [0.25, 0.3) is 0 Å². The number of morpholine rings is 1. The van der Waals surface area contributed by atoms with Gasteiger partial charge in [-0.1, -0.05) is 0 Å². The Morgan fingerprint density at radius 2 is 2.37 bits per heavy atom. The first-order chi connectivity index (χ1) is 9.11. The molecule has 2 atom stereocenters. The molecule has 1 saturated heterocycles. The maximum atomic E-state index is 12.2. The van der Waals surface area contributed by atoms with E-state index in [4.69, 9.17) is 4.74 Å². The summed E-state index contributed by atoms with van der Waals surface area (Å²) in [5.41, 5.74) is 0. The molecule has 2 heterocycles. The third-order valence-electron chi connectivity index (χ3n) is 3.30. The van der Waals surface area contributed by atoms with Gasteiger partial charge in [-0.15, -0.1) is 10.2 Å². The van der Waals surface area contributed by atoms with Crippen LogP contribution in [-0.2, 0) is 17.8 Å². The van der Waals surface area contributed by atoms with Gasteiger partial charge in [-0.3, -0.25) is 0 Å². The summed E-state index contributed by atoms with van der Waals surface area (Å²) in [5, 5.41) is 10.7. The number of aryl methyl sites for hydroxylation is 1. The SMILES string of the molecule is CCn1cnnc1CNC(=O)N1C[C@@H](C)OC[C@H]1C. The topological polar surface area (TPSA) is 72.3 Å². The van der Waals surface area contributed by atoms with Crippen molar-refractivity contribution in [2.24, 2.45) is 0 Å². The number of carbonyl (C=O) groups is 1. The standard InChI is InChI=1S/C12H21N5O2/c1-4-16-8-14-15-11(16)5-13-12(18)17-6-10(3)19-7-9(17)2/h8-10H,4-7H2,1-3H3,(H,13,18)/t9-,10-/m1/s1. The minimum absolute atomic E-state index is 0.0756. The van der Waals surface area contributed by atoms with Crippen LogP contribution in [-0.4, -0.2) is 51.0 Å². The van der Waals surface area contributed by atoms with Crippen LogP contribution in [0.5, 0.6) is 0 Å². The van der Waals surface area contributed by atoms with E-state index in [0.29, 0.717) is 19.7 Å². The molecule has 0 bridgehead atoms. The fourth-order valence-corrected chi connectivity index (χ4v) is 2.12. The fourth-order valence-electron chi connectivity index (χ4n) is 2.12. The van der Waals surface area contributed by atoms with E-state index in [1.54, 1.807) is 11.2 Å². The zero-order valence-electron chi connectivity index (χ0n) is 11.7. The molecular weight excluding hydrogens is 246 g/mol. The molecule has 0 aliphatic carbocycles. The molecule has 2 amide bonds. The molecule has 7 heteroatoms. The molecule has 2 rings (SSSR count). The van der Waals surface area contributed by atoms with Gasteiger partial charge in [0.1, 0.15) is 6.33 Å². The van der Waals surface area contributed by atoms with Crippen molar-refractivity contribution in [1.29, 1.82) is 0 Å². The Labute approximate surface area is 112 Å². The molecule has 1 aromatic rings. The van der Waals surface area contributed by atoms with Gasteiger partial charge in [0.15, 0.2) is 5.82 Å². The molecule has 1 aromatic heterocycles. The van der Waals surface area contributed by atoms with Gasteiger partial charge in [0, 0.05) is 13.1 Å². The van der Waals surface area contributed by atoms with E-state index in [2.05, 4.69) is 15.5 Å². The first-order valence-corrected chi connectivity index (χ1v) is 6.64. The van der Waals surface area contributed by atoms with Gasteiger partial charge in [0.05, 0.1) is 25.3 Å². The van der Waals surface area contributed by atoms with Crippen molar-refractivity contribution in [2.45, 2.75) is 46.0 Å². The number of urea groups is 1. The summed E-state index contributed by atoms with van der Waals surface area (Å²) >= 11 is 0. The minimum atomic E-state index is -0.0756. The van der Waals surface area contributed by atoms with E-state index in [9.17, 15) is 4.79 Å². The van der Waals surface area contributed by atoms with Gasteiger partial charge >= 0.3 is 6.03 Å². The minimum Gasteiger partial charge on any atom is -0.375 e. The molecular formula is C12H21N5O2. The summed E-state index contributed by atoms with van der Waals surface area (Å²) in [6.45, 7) is 8.36. The summed E-state index contributed by atoms with van der Waals surface area (Å²) in [5.74, 6) is 0.768. The average Bonchev–Trinajstić information content (AvgIpc) is 2.86. The summed E-state index contributed by atoms with van der Waals surface area (Å²) in [6.07, 6.45) is 1.75. The highest BCUT2D eigenvalue weighted by Gasteiger charge is 2.27. The molecule has 7 nitrogen and oxygen atoms in total. The highest BCUT2D eigenvalue weighted by molar-refractivity contribution is 5.74. The zero-order valence-corrected chi connectivity index (χ0v) is 11.7. The van der Waals surface area contributed by atoms with Crippen molar-refractivity contribution in [1.82, 2.24) is 25.0 Å². The highest BCUT2D eigenvalue weighted by atomic mass is 16.5. The number of amides is 2. The first kappa shape index (κ1) is 13.8. The predicted molar refractivity (Wildman–Crippen MR) is 69.5 cm³/mol. The lowest BCUT2D eigenvalue weighted by Crippen LogP contribution is -2.53. The quantitative estimate of drug-likeness (QED) is 0.871. The Morgan fingerprint density at radius 1 is 1.58 bits per heavy atom. The average molecular weight is 267 g/mol. The molecule has 0 aromatic carbocycles. The second-order valence-electron chi connectivity index (χ2n) is 4.84. The number of hydrogen-bond acceptors (Lipinski definition) is 4. The molecule has 0 unspecified atom stereocenters. The maximum Gasteiger partial charge on any atom is 0.318 e. The van der Waals surface area contributed by atoms with E-state index in [0.717, 1.165) is 12.4 Å². The highest BCUT2D eigenvalue weighted by Crippen LogP contribution is 2.11. The summed E-state index contributed by atoms with van der Waals surface area (Å²) in [4.78, 5) is 14.0. The normalized spacial score (nSPS) is 23.4. The van der Waals surface area contributed by atoms with Gasteiger partial charge in [-0.25, -0.2) is 4.79 Å². The molecule has 1 aliphatic rings. The van der Waals surface area contributed by atoms with Gasteiger partial charge < -0.3 is 19.5 Å². The molecule has 1 N–H and O–H groups in total. The van der Waals surface area contributed by atoms with Crippen LogP contribution in [0.3, 0.4) is 0 Å². The van der Waals surface area contributed by atoms with Gasteiger partial charge in [0.2, 0.25) is 0 Å². The van der Waals surface area contributed by atoms with Crippen LogP contribution in [0.1, 0.15) is 26.6 Å². The second-order valence-corrected chi connectivity index (χ2v) is 4.84. The van der Waals surface area contributed by atoms with Crippen LogP contribution in [0, 0.1) is 0 Å². The van der Waals surface area contributed by atoms with Crippen LogP contribution in [0.4, 0.5) is 4.79 Å². The molecule has 1 fully saturated rings. The van der Waals surface area contributed by atoms with Crippen LogP contribution in [0.15, 0.2) is 6.33 Å². The van der Waals surface area contributed by atoms with Gasteiger partial charge in [-0.05, 0) is 20.8 Å². The third-order valence-corrected chi connectivity index (χ3v) is 3.30. The van der Waals surface area contributed by atoms with Crippen molar-refractivity contribution < 1.29 is 9.53 Å². The number of nitrogens with zero attached hydrogens (tertiary/aromatic N) is 4. The van der Waals surface area contributed by atoms with Crippen molar-refractivity contribution in [3.63, 3.8) is 0 Å². The number of aromatic nitrogens is 3. The number of nitrogens with one attached hydrogen (secondary N) is 1. The van der Waals surface area contributed by atoms with E-state index in [-0.39, 0.29) is 18.2 Å². The molecule has 0 saturated carbocycles. The number of hydrogen-bond donors (Lipinski definition) is 1. The Bertz CT molecular complexity index is 434. The summed E-state index contributed by atoms with van der Waals surface area (Å²) in [6, 6.07) is 0.0218. The van der Waals surface area contributed by atoms with E-state index in [1.807, 2.05) is 25.3 Å². The monoisotopic (exact) mass is 267 g/mol. The van der Waals surface area contributed by atoms with Crippen molar-refractivity contribution in [3.8, 4) is 0 Å². The second kappa shape index (κ2) is 6.01. The third kappa shape index (κ3) is 3.23. The summed E-state index contributed by atoms with van der Waals surface area (Å²) in [7, 11) is 0. The Kier molecular flexibility index (Phi) is 4.36. The van der Waals surface area contributed by atoms with Crippen molar-refractivity contribution in [3.05, 3.63) is 12.2 Å². The van der Waals surface area contributed by atoms with Gasteiger partial charge in [-0.2, -0.15) is 0 Å². The Morgan fingerprint density at radius 3 is 3.11 bits per heavy atom. The van der Waals surface area contributed by atoms with Crippen LogP contribution >= 0.6 is 0 Å². The first-order valence-electron chi connectivity index (χ1n) is 6.64. The largest absolute Gasteiger partial charge is 0.375 e. The lowest BCUT2D eigenvalue weighted by Gasteiger charge is -2.36. The Hall–Kier alpha value is -1.63.